The van der Waals surface area contributed by atoms with Gasteiger partial charge in [0.05, 0.1) is 0 Å². The minimum absolute atomic E-state index is 0.0655. The number of imidazole rings is 1. The smallest absolute Gasteiger partial charge is 0.358 e. The second kappa shape index (κ2) is 5.61. The predicted molar refractivity (Wildman–Crippen MR) is 82.9 cm³/mol. The summed E-state index contributed by atoms with van der Waals surface area (Å²) >= 11 is 1.41. The van der Waals surface area contributed by atoms with Gasteiger partial charge < -0.3 is 20.7 Å². The molecule has 3 rings (SSSR count). The van der Waals surface area contributed by atoms with E-state index >= 15 is 0 Å². The van der Waals surface area contributed by atoms with Gasteiger partial charge in [0.25, 0.3) is 4.96 Å². The third kappa shape index (κ3) is 2.28. The third-order valence-electron chi connectivity index (χ3n) is 4.33. The van der Waals surface area contributed by atoms with E-state index in [4.69, 9.17) is 5.73 Å². The topological polar surface area (TPSA) is 89.7 Å². The van der Waals surface area contributed by atoms with Crippen LogP contribution in [0, 0.1) is 16.0 Å². The van der Waals surface area contributed by atoms with Gasteiger partial charge in [-0.15, -0.1) is 0 Å². The fourth-order valence-electron chi connectivity index (χ4n) is 3.37. The van der Waals surface area contributed by atoms with E-state index in [2.05, 4.69) is 9.88 Å². The van der Waals surface area contributed by atoms with Crippen LogP contribution in [0.1, 0.15) is 26.2 Å². The Kier molecular flexibility index (Phi) is 3.81. The molecule has 1 saturated carbocycles. The van der Waals surface area contributed by atoms with E-state index < -0.39 is 0 Å². The van der Waals surface area contributed by atoms with Crippen LogP contribution in [-0.2, 0) is 0 Å². The van der Waals surface area contributed by atoms with Crippen LogP contribution < -0.4 is 10.6 Å². The SMILES string of the molecule is CCN(c1nc2sccn2c1[N+](=O)[O-])C1CCCC1CN. The summed E-state index contributed by atoms with van der Waals surface area (Å²) in [6.45, 7) is 3.34. The van der Waals surface area contributed by atoms with Gasteiger partial charge in [-0.3, -0.25) is 0 Å². The number of thiazole rings is 1. The summed E-state index contributed by atoms with van der Waals surface area (Å²) in [6.07, 6.45) is 4.95. The zero-order valence-electron chi connectivity index (χ0n) is 11.9. The molecular weight excluding hydrogens is 290 g/mol. The standard InChI is InChI=1S/C13H19N5O2S/c1-2-16(10-5-3-4-9(10)8-14)11-12(18(19)20)17-6-7-21-13(17)15-11/h6-7,9-10H,2-5,8,14H2,1H3. The Morgan fingerprint density at radius 1 is 1.62 bits per heavy atom. The molecule has 21 heavy (non-hydrogen) atoms. The lowest BCUT2D eigenvalue weighted by atomic mass is 10.0. The maximum Gasteiger partial charge on any atom is 0.373 e. The Hall–Kier alpha value is -1.67. The molecule has 2 aromatic rings. The van der Waals surface area contributed by atoms with Gasteiger partial charge in [-0.05, 0) is 37.2 Å². The number of aromatic nitrogens is 2. The molecule has 7 nitrogen and oxygen atoms in total. The largest absolute Gasteiger partial charge is 0.373 e. The summed E-state index contributed by atoms with van der Waals surface area (Å²) in [6, 6.07) is 0.253. The second-order valence-electron chi connectivity index (χ2n) is 5.35. The average molecular weight is 309 g/mol. The molecule has 2 aromatic heterocycles. The monoisotopic (exact) mass is 309 g/mol. The number of nitro groups is 1. The molecule has 0 bridgehead atoms. The average Bonchev–Trinajstić information content (AvgIpc) is 3.13. The van der Waals surface area contributed by atoms with E-state index in [1.165, 1.54) is 11.3 Å². The summed E-state index contributed by atoms with van der Waals surface area (Å²) < 4.78 is 1.56. The number of nitrogens with zero attached hydrogens (tertiary/aromatic N) is 4. The van der Waals surface area contributed by atoms with Gasteiger partial charge in [0, 0.05) is 18.0 Å². The van der Waals surface area contributed by atoms with E-state index in [9.17, 15) is 10.1 Å². The second-order valence-corrected chi connectivity index (χ2v) is 6.22. The Morgan fingerprint density at radius 3 is 3.10 bits per heavy atom. The van der Waals surface area contributed by atoms with Gasteiger partial charge in [0.15, 0.2) is 0 Å². The van der Waals surface area contributed by atoms with Crippen molar-refractivity contribution in [2.24, 2.45) is 11.7 Å². The molecule has 0 aliphatic heterocycles. The van der Waals surface area contributed by atoms with Crippen LogP contribution >= 0.6 is 11.3 Å². The van der Waals surface area contributed by atoms with Crippen molar-refractivity contribution in [1.82, 2.24) is 9.38 Å². The van der Waals surface area contributed by atoms with Gasteiger partial charge in [0.2, 0.25) is 5.82 Å². The molecule has 2 N–H and O–H groups in total. The first-order valence-electron chi connectivity index (χ1n) is 7.24. The zero-order valence-corrected chi connectivity index (χ0v) is 12.8. The molecule has 1 aliphatic rings. The van der Waals surface area contributed by atoms with Crippen molar-refractivity contribution < 1.29 is 4.92 Å². The molecule has 2 heterocycles. The lowest BCUT2D eigenvalue weighted by Crippen LogP contribution is -2.41. The van der Waals surface area contributed by atoms with Gasteiger partial charge in [-0.1, -0.05) is 17.8 Å². The first-order chi connectivity index (χ1) is 10.2. The molecule has 1 aliphatic carbocycles. The number of fused-ring (bicyclic) bond motifs is 1. The lowest BCUT2D eigenvalue weighted by molar-refractivity contribution is -0.389. The van der Waals surface area contributed by atoms with Crippen molar-refractivity contribution in [3.8, 4) is 0 Å². The van der Waals surface area contributed by atoms with Crippen molar-refractivity contribution in [1.29, 1.82) is 0 Å². The first kappa shape index (κ1) is 14.3. The summed E-state index contributed by atoms with van der Waals surface area (Å²) in [5, 5.41) is 13.3. The van der Waals surface area contributed by atoms with Crippen LogP contribution in [0.15, 0.2) is 11.6 Å². The number of rotatable bonds is 5. The van der Waals surface area contributed by atoms with Crippen molar-refractivity contribution in [2.75, 3.05) is 18.0 Å². The first-order valence-corrected chi connectivity index (χ1v) is 8.12. The summed E-state index contributed by atoms with van der Waals surface area (Å²) in [7, 11) is 0. The zero-order chi connectivity index (χ0) is 15.0. The maximum absolute atomic E-state index is 11.5. The molecule has 8 heteroatoms. The fourth-order valence-corrected chi connectivity index (χ4v) is 4.07. The van der Waals surface area contributed by atoms with Crippen LogP contribution in [0.25, 0.3) is 4.96 Å². The quantitative estimate of drug-likeness (QED) is 0.676. The Balaban J connectivity index is 2.06. The molecule has 2 atom stereocenters. The van der Waals surface area contributed by atoms with Crippen LogP contribution in [-0.4, -0.2) is 33.4 Å². The molecule has 2 unspecified atom stereocenters. The summed E-state index contributed by atoms with van der Waals surface area (Å²) in [5.74, 6) is 0.944. The van der Waals surface area contributed by atoms with Gasteiger partial charge >= 0.3 is 5.82 Å². The highest BCUT2D eigenvalue weighted by Crippen LogP contribution is 2.37. The van der Waals surface area contributed by atoms with Crippen molar-refractivity contribution >= 4 is 27.9 Å². The van der Waals surface area contributed by atoms with E-state index in [-0.39, 0.29) is 16.8 Å². The number of hydrogen-bond acceptors (Lipinski definition) is 6. The van der Waals surface area contributed by atoms with Gasteiger partial charge in [-0.2, -0.15) is 9.38 Å². The van der Waals surface area contributed by atoms with Crippen LogP contribution in [0.5, 0.6) is 0 Å². The molecule has 1 fully saturated rings. The highest BCUT2D eigenvalue weighted by atomic mass is 32.1. The van der Waals surface area contributed by atoms with Crippen molar-refractivity contribution in [2.45, 2.75) is 32.2 Å². The van der Waals surface area contributed by atoms with E-state index in [1.807, 2.05) is 12.3 Å². The molecule has 0 spiro atoms. The summed E-state index contributed by atoms with van der Waals surface area (Å²) in [5.41, 5.74) is 5.86. The Bertz CT molecular complexity index is 652. The van der Waals surface area contributed by atoms with Gasteiger partial charge in [-0.25, -0.2) is 0 Å². The predicted octanol–water partition coefficient (Wildman–Crippen LogP) is 2.26. The number of nitrogens with two attached hydrogens (primary N) is 1. The van der Waals surface area contributed by atoms with Crippen LogP contribution in [0.4, 0.5) is 11.6 Å². The molecule has 0 amide bonds. The molecule has 0 saturated heterocycles. The molecule has 114 valence electrons. The van der Waals surface area contributed by atoms with Crippen LogP contribution in [0.2, 0.25) is 0 Å². The minimum Gasteiger partial charge on any atom is -0.358 e. The van der Waals surface area contributed by atoms with Gasteiger partial charge in [0.1, 0.15) is 6.20 Å². The van der Waals surface area contributed by atoms with Crippen LogP contribution in [0.3, 0.4) is 0 Å². The Morgan fingerprint density at radius 2 is 2.43 bits per heavy atom. The third-order valence-corrected chi connectivity index (χ3v) is 5.08. The highest BCUT2D eigenvalue weighted by Gasteiger charge is 2.36. The van der Waals surface area contributed by atoms with Crippen molar-refractivity contribution in [3.05, 3.63) is 21.7 Å². The summed E-state index contributed by atoms with van der Waals surface area (Å²) in [4.78, 5) is 18.4. The maximum atomic E-state index is 11.5. The minimum atomic E-state index is -0.336. The van der Waals surface area contributed by atoms with E-state index in [0.717, 1.165) is 19.3 Å². The van der Waals surface area contributed by atoms with E-state index in [0.29, 0.717) is 29.8 Å². The molecular formula is C13H19N5O2S. The van der Waals surface area contributed by atoms with Crippen molar-refractivity contribution in [3.63, 3.8) is 0 Å². The molecule has 0 radical (unpaired) electrons. The normalized spacial score (nSPS) is 22.0. The van der Waals surface area contributed by atoms with E-state index in [1.54, 1.807) is 10.6 Å². The number of anilines is 1. The highest BCUT2D eigenvalue weighted by molar-refractivity contribution is 7.15. The number of hydrogen-bond donors (Lipinski definition) is 1. The Labute approximate surface area is 126 Å². The fraction of sp³-hybridized carbons (Fsp3) is 0.615. The lowest BCUT2D eigenvalue weighted by Gasteiger charge is -2.31. The molecule has 0 aromatic carbocycles.